The lowest BCUT2D eigenvalue weighted by Gasteiger charge is -2.14. The lowest BCUT2D eigenvalue weighted by atomic mass is 10.0. The Morgan fingerprint density at radius 2 is 1.81 bits per heavy atom. The SMILES string of the molecule is COc1cc2c(cc1OC)N(C(C)=O)C(=O)C2=C(Cl)c1cccc(C#N)c1. The van der Waals surface area contributed by atoms with E-state index in [1.807, 2.05) is 6.07 Å². The van der Waals surface area contributed by atoms with Gasteiger partial charge in [-0.15, -0.1) is 0 Å². The molecule has 27 heavy (non-hydrogen) atoms. The number of rotatable bonds is 3. The molecule has 1 aliphatic heterocycles. The summed E-state index contributed by atoms with van der Waals surface area (Å²) in [5, 5.41) is 9.25. The van der Waals surface area contributed by atoms with E-state index < -0.39 is 11.8 Å². The van der Waals surface area contributed by atoms with Crippen LogP contribution in [0.3, 0.4) is 0 Å². The molecule has 3 rings (SSSR count). The molecule has 0 fully saturated rings. The maximum absolute atomic E-state index is 13.0. The normalized spacial score (nSPS) is 14.5. The van der Waals surface area contributed by atoms with Crippen LogP contribution < -0.4 is 14.4 Å². The van der Waals surface area contributed by atoms with Gasteiger partial charge in [0.1, 0.15) is 0 Å². The molecule has 2 amide bonds. The maximum Gasteiger partial charge on any atom is 0.267 e. The van der Waals surface area contributed by atoms with Crippen molar-refractivity contribution in [2.45, 2.75) is 6.92 Å². The van der Waals surface area contributed by atoms with E-state index in [-0.39, 0.29) is 10.6 Å². The minimum Gasteiger partial charge on any atom is -0.493 e. The Morgan fingerprint density at radius 3 is 2.41 bits per heavy atom. The summed E-state index contributed by atoms with van der Waals surface area (Å²) in [4.78, 5) is 26.1. The van der Waals surface area contributed by atoms with E-state index in [4.69, 9.17) is 26.3 Å². The highest BCUT2D eigenvalue weighted by Gasteiger charge is 2.38. The average Bonchev–Trinajstić information content (AvgIpc) is 2.97. The number of halogens is 1. The van der Waals surface area contributed by atoms with Gasteiger partial charge < -0.3 is 9.47 Å². The smallest absolute Gasteiger partial charge is 0.267 e. The number of hydrogen-bond donors (Lipinski definition) is 0. The Kier molecular flexibility index (Phi) is 4.89. The number of benzene rings is 2. The number of carbonyl (C=O) groups is 2. The Balaban J connectivity index is 2.31. The molecule has 2 aromatic carbocycles. The van der Waals surface area contributed by atoms with Gasteiger partial charge in [0.05, 0.1) is 42.1 Å². The molecule has 0 spiro atoms. The molecule has 136 valence electrons. The quantitative estimate of drug-likeness (QED) is 0.758. The van der Waals surface area contributed by atoms with Crippen molar-refractivity contribution in [1.29, 1.82) is 5.26 Å². The van der Waals surface area contributed by atoms with Gasteiger partial charge in [-0.05, 0) is 23.8 Å². The van der Waals surface area contributed by atoms with E-state index in [2.05, 4.69) is 0 Å². The number of hydrogen-bond acceptors (Lipinski definition) is 5. The van der Waals surface area contributed by atoms with E-state index in [9.17, 15) is 9.59 Å². The van der Waals surface area contributed by atoms with Crippen LogP contribution in [0.4, 0.5) is 5.69 Å². The predicted molar refractivity (Wildman–Crippen MR) is 102 cm³/mol. The number of amides is 2. The highest BCUT2D eigenvalue weighted by atomic mass is 35.5. The third-order valence-corrected chi connectivity index (χ3v) is 4.62. The van der Waals surface area contributed by atoms with Gasteiger partial charge in [0.15, 0.2) is 11.5 Å². The Hall–Kier alpha value is -3.30. The lowest BCUT2D eigenvalue weighted by molar-refractivity contribution is -0.122. The highest BCUT2D eigenvalue weighted by Crippen LogP contribution is 2.47. The Morgan fingerprint density at radius 1 is 1.15 bits per heavy atom. The highest BCUT2D eigenvalue weighted by molar-refractivity contribution is 6.60. The standard InChI is InChI=1S/C20H15ClN2O4/c1-11(24)23-15-9-17(27-3)16(26-2)8-14(15)18(20(23)25)19(21)13-6-4-5-12(7-13)10-22/h4-9H,1-3H3. The van der Waals surface area contributed by atoms with Gasteiger partial charge in [0.25, 0.3) is 5.91 Å². The number of nitriles is 1. The molecule has 6 nitrogen and oxygen atoms in total. The number of anilines is 1. The molecule has 0 unspecified atom stereocenters. The first-order chi connectivity index (χ1) is 12.9. The van der Waals surface area contributed by atoms with Crippen LogP contribution in [0.5, 0.6) is 11.5 Å². The van der Waals surface area contributed by atoms with Crippen molar-refractivity contribution in [2.24, 2.45) is 0 Å². The number of methoxy groups -OCH3 is 2. The van der Waals surface area contributed by atoms with Crippen LogP contribution in [0.1, 0.15) is 23.6 Å². The van der Waals surface area contributed by atoms with E-state index in [0.29, 0.717) is 33.9 Å². The van der Waals surface area contributed by atoms with E-state index in [0.717, 1.165) is 4.90 Å². The Labute approximate surface area is 161 Å². The zero-order chi connectivity index (χ0) is 19.7. The topological polar surface area (TPSA) is 79.6 Å². The second kappa shape index (κ2) is 7.14. The van der Waals surface area contributed by atoms with Crippen LogP contribution in [-0.4, -0.2) is 26.0 Å². The first kappa shape index (κ1) is 18.5. The van der Waals surface area contributed by atoms with Crippen LogP contribution in [0.25, 0.3) is 10.6 Å². The predicted octanol–water partition coefficient (Wildman–Crippen LogP) is 3.58. The molecule has 0 N–H and O–H groups in total. The third kappa shape index (κ3) is 3.03. The summed E-state index contributed by atoms with van der Waals surface area (Å²) < 4.78 is 10.6. The zero-order valence-corrected chi connectivity index (χ0v) is 15.6. The van der Waals surface area contributed by atoms with Gasteiger partial charge in [-0.25, -0.2) is 4.90 Å². The van der Waals surface area contributed by atoms with Crippen LogP contribution >= 0.6 is 11.6 Å². The molecule has 1 heterocycles. The molecule has 0 saturated carbocycles. The second-order valence-electron chi connectivity index (χ2n) is 5.77. The van der Waals surface area contributed by atoms with Gasteiger partial charge in [-0.3, -0.25) is 9.59 Å². The summed E-state index contributed by atoms with van der Waals surface area (Å²) in [5.41, 5.74) is 1.91. The molecule has 0 bridgehead atoms. The number of imide groups is 1. The summed E-state index contributed by atoms with van der Waals surface area (Å²) in [6.45, 7) is 1.30. The Bertz CT molecular complexity index is 1040. The minimum absolute atomic E-state index is 0.148. The fourth-order valence-electron chi connectivity index (χ4n) is 2.98. The van der Waals surface area contributed by atoms with Crippen molar-refractivity contribution in [3.63, 3.8) is 0 Å². The zero-order valence-electron chi connectivity index (χ0n) is 14.9. The van der Waals surface area contributed by atoms with Gasteiger partial charge in [0, 0.05) is 18.6 Å². The molecular weight excluding hydrogens is 368 g/mol. The van der Waals surface area contributed by atoms with E-state index in [1.165, 1.54) is 21.1 Å². The van der Waals surface area contributed by atoms with Gasteiger partial charge in [0.2, 0.25) is 5.91 Å². The summed E-state index contributed by atoms with van der Waals surface area (Å²) in [5.74, 6) is -0.194. The number of ether oxygens (including phenoxy) is 2. The molecule has 0 aliphatic carbocycles. The molecule has 1 aliphatic rings. The summed E-state index contributed by atoms with van der Waals surface area (Å²) in [7, 11) is 2.95. The maximum atomic E-state index is 13.0. The second-order valence-corrected chi connectivity index (χ2v) is 6.14. The fraction of sp³-hybridized carbons (Fsp3) is 0.150. The summed E-state index contributed by atoms with van der Waals surface area (Å²) >= 11 is 6.54. The molecule has 0 radical (unpaired) electrons. The first-order valence-corrected chi connectivity index (χ1v) is 8.32. The lowest BCUT2D eigenvalue weighted by Crippen LogP contribution is -2.31. The molecule has 2 aromatic rings. The summed E-state index contributed by atoms with van der Waals surface area (Å²) in [6, 6.07) is 11.8. The summed E-state index contributed by atoms with van der Waals surface area (Å²) in [6.07, 6.45) is 0. The first-order valence-electron chi connectivity index (χ1n) is 7.94. The fourth-order valence-corrected chi connectivity index (χ4v) is 3.28. The molecule has 0 aromatic heterocycles. The molecule has 0 saturated heterocycles. The number of carbonyl (C=O) groups excluding carboxylic acids is 2. The largest absolute Gasteiger partial charge is 0.493 e. The number of nitrogens with zero attached hydrogens (tertiary/aromatic N) is 2. The van der Waals surface area contributed by atoms with Crippen LogP contribution in [-0.2, 0) is 9.59 Å². The van der Waals surface area contributed by atoms with E-state index >= 15 is 0 Å². The molecule has 7 heteroatoms. The third-order valence-electron chi connectivity index (χ3n) is 4.21. The minimum atomic E-state index is -0.542. The molecule has 0 atom stereocenters. The van der Waals surface area contributed by atoms with Crippen molar-refractivity contribution >= 4 is 39.7 Å². The van der Waals surface area contributed by atoms with Gasteiger partial charge >= 0.3 is 0 Å². The van der Waals surface area contributed by atoms with Crippen molar-refractivity contribution in [2.75, 3.05) is 19.1 Å². The molecular formula is C20H15ClN2O4. The average molecular weight is 383 g/mol. The van der Waals surface area contributed by atoms with Crippen molar-refractivity contribution in [3.05, 3.63) is 53.1 Å². The number of fused-ring (bicyclic) bond motifs is 1. The van der Waals surface area contributed by atoms with Crippen LogP contribution in [0.15, 0.2) is 36.4 Å². The van der Waals surface area contributed by atoms with Crippen molar-refractivity contribution in [1.82, 2.24) is 0 Å². The van der Waals surface area contributed by atoms with E-state index in [1.54, 1.807) is 36.4 Å². The van der Waals surface area contributed by atoms with Crippen molar-refractivity contribution in [3.8, 4) is 17.6 Å². The monoisotopic (exact) mass is 382 g/mol. The van der Waals surface area contributed by atoms with Crippen LogP contribution in [0.2, 0.25) is 0 Å². The van der Waals surface area contributed by atoms with Crippen LogP contribution in [0, 0.1) is 11.3 Å². The van der Waals surface area contributed by atoms with Gasteiger partial charge in [-0.1, -0.05) is 23.7 Å². The van der Waals surface area contributed by atoms with Crippen molar-refractivity contribution < 1.29 is 19.1 Å². The van der Waals surface area contributed by atoms with Gasteiger partial charge in [-0.2, -0.15) is 5.26 Å².